The van der Waals surface area contributed by atoms with Gasteiger partial charge in [-0.05, 0) is 35.7 Å². The summed E-state index contributed by atoms with van der Waals surface area (Å²) in [5.74, 6) is 1.46. The van der Waals surface area contributed by atoms with E-state index in [-0.39, 0.29) is 5.95 Å². The topological polar surface area (TPSA) is 94.0 Å². The summed E-state index contributed by atoms with van der Waals surface area (Å²) in [6, 6.07) is 14.3. The van der Waals surface area contributed by atoms with Gasteiger partial charge in [0.05, 0.1) is 11.2 Å². The Morgan fingerprint density at radius 3 is 2.63 bits per heavy atom. The van der Waals surface area contributed by atoms with E-state index in [1.165, 1.54) is 5.56 Å². The zero-order valence-corrected chi connectivity index (χ0v) is 16.7. The summed E-state index contributed by atoms with van der Waals surface area (Å²) in [4.78, 5) is 17.7. The Hall–Kier alpha value is -4.00. The van der Waals surface area contributed by atoms with Crippen molar-refractivity contribution in [2.45, 2.75) is 19.8 Å². The fourth-order valence-electron chi connectivity index (χ4n) is 3.45. The van der Waals surface area contributed by atoms with Crippen LogP contribution in [0.5, 0.6) is 0 Å². The van der Waals surface area contributed by atoms with Gasteiger partial charge in [-0.3, -0.25) is 0 Å². The average molecular weight is 395 g/mol. The number of nitrogens with one attached hydrogen (secondary N) is 1. The Balaban J connectivity index is 1.56. The van der Waals surface area contributed by atoms with Crippen molar-refractivity contribution in [3.63, 3.8) is 0 Å². The van der Waals surface area contributed by atoms with Gasteiger partial charge in [0.2, 0.25) is 5.95 Å². The van der Waals surface area contributed by atoms with E-state index in [4.69, 9.17) is 10.7 Å². The lowest BCUT2D eigenvalue weighted by Crippen LogP contribution is -2.01. The van der Waals surface area contributed by atoms with Crippen LogP contribution in [-0.2, 0) is 0 Å². The van der Waals surface area contributed by atoms with Crippen LogP contribution in [-0.4, -0.2) is 24.3 Å². The molecule has 0 saturated heterocycles. The number of rotatable bonds is 4. The van der Waals surface area contributed by atoms with Crippen molar-refractivity contribution >= 4 is 34.0 Å². The number of imidazole rings is 1. The second-order valence-corrected chi connectivity index (χ2v) is 7.54. The molecular formula is C23H21N7. The highest BCUT2D eigenvalue weighted by molar-refractivity contribution is 5.84. The molecule has 0 aliphatic rings. The minimum absolute atomic E-state index is 0.267. The number of nitrogen functional groups attached to an aromatic ring is 1. The average Bonchev–Trinajstić information content (AvgIpc) is 3.23. The fourth-order valence-corrected chi connectivity index (χ4v) is 3.45. The summed E-state index contributed by atoms with van der Waals surface area (Å²) < 4.78 is 1.97. The molecule has 3 N–H and O–H groups in total. The van der Waals surface area contributed by atoms with Crippen molar-refractivity contribution < 1.29 is 0 Å². The molecule has 0 spiro atoms. The van der Waals surface area contributed by atoms with E-state index < -0.39 is 0 Å². The monoisotopic (exact) mass is 395 g/mol. The minimum Gasteiger partial charge on any atom is -0.368 e. The lowest BCUT2D eigenvalue weighted by Gasteiger charge is -2.12. The van der Waals surface area contributed by atoms with Crippen molar-refractivity contribution in [3.8, 4) is 11.3 Å². The molecule has 0 saturated carbocycles. The third-order valence-corrected chi connectivity index (χ3v) is 5.11. The molecule has 7 nitrogen and oxygen atoms in total. The van der Waals surface area contributed by atoms with Gasteiger partial charge in [-0.25, -0.2) is 19.9 Å². The molecular weight excluding hydrogens is 374 g/mol. The predicted octanol–water partition coefficient (Wildman–Crippen LogP) is 4.79. The molecule has 0 aliphatic carbocycles. The molecule has 0 fully saturated rings. The first kappa shape index (κ1) is 18.1. The molecule has 5 rings (SSSR count). The van der Waals surface area contributed by atoms with Gasteiger partial charge in [0, 0.05) is 41.4 Å². The molecule has 0 bridgehead atoms. The lowest BCUT2D eigenvalue weighted by atomic mass is 10.0. The number of anilines is 3. The first-order valence-electron chi connectivity index (χ1n) is 9.80. The lowest BCUT2D eigenvalue weighted by molar-refractivity contribution is 0.867. The van der Waals surface area contributed by atoms with Gasteiger partial charge in [0.15, 0.2) is 11.5 Å². The van der Waals surface area contributed by atoms with Crippen LogP contribution in [0.3, 0.4) is 0 Å². The molecule has 3 aromatic heterocycles. The molecule has 30 heavy (non-hydrogen) atoms. The van der Waals surface area contributed by atoms with Gasteiger partial charge in [-0.2, -0.15) is 0 Å². The summed E-state index contributed by atoms with van der Waals surface area (Å²) in [6.45, 7) is 4.37. The summed E-state index contributed by atoms with van der Waals surface area (Å²) in [7, 11) is 0. The Kier molecular flexibility index (Phi) is 4.28. The van der Waals surface area contributed by atoms with E-state index in [9.17, 15) is 0 Å². The highest BCUT2D eigenvalue weighted by Gasteiger charge is 2.11. The Bertz CT molecular complexity index is 1350. The number of aromatic nitrogens is 5. The second-order valence-electron chi connectivity index (χ2n) is 7.54. The fraction of sp³-hybridized carbons (Fsp3) is 0.130. The van der Waals surface area contributed by atoms with Gasteiger partial charge in [-0.15, -0.1) is 0 Å². The van der Waals surface area contributed by atoms with Crippen LogP contribution in [0.25, 0.3) is 27.8 Å². The molecule has 7 heteroatoms. The zero-order chi connectivity index (χ0) is 20.7. The van der Waals surface area contributed by atoms with Crippen LogP contribution >= 0.6 is 0 Å². The van der Waals surface area contributed by atoms with Crippen molar-refractivity contribution in [3.05, 3.63) is 72.8 Å². The summed E-state index contributed by atoms with van der Waals surface area (Å²) >= 11 is 0. The van der Waals surface area contributed by atoms with E-state index in [0.29, 0.717) is 11.7 Å². The van der Waals surface area contributed by atoms with Gasteiger partial charge < -0.3 is 15.5 Å². The summed E-state index contributed by atoms with van der Waals surface area (Å²) in [5.41, 5.74) is 11.3. The molecule has 0 radical (unpaired) electrons. The molecule has 2 aromatic carbocycles. The largest absolute Gasteiger partial charge is 0.368 e. The van der Waals surface area contributed by atoms with Gasteiger partial charge >= 0.3 is 0 Å². The van der Waals surface area contributed by atoms with Crippen molar-refractivity contribution in [2.24, 2.45) is 0 Å². The molecule has 0 atom stereocenters. The number of hydrogen-bond acceptors (Lipinski definition) is 6. The van der Waals surface area contributed by atoms with Crippen LogP contribution < -0.4 is 11.1 Å². The first-order chi connectivity index (χ1) is 14.6. The molecule has 148 valence electrons. The second kappa shape index (κ2) is 7.11. The minimum atomic E-state index is 0.267. The maximum Gasteiger partial charge on any atom is 0.220 e. The Labute approximate surface area is 173 Å². The number of benzene rings is 2. The zero-order valence-electron chi connectivity index (χ0n) is 16.7. The summed E-state index contributed by atoms with van der Waals surface area (Å²) in [5, 5.41) is 4.33. The molecule has 3 heterocycles. The Morgan fingerprint density at radius 2 is 1.83 bits per heavy atom. The smallest absolute Gasteiger partial charge is 0.220 e. The third-order valence-electron chi connectivity index (χ3n) is 5.11. The highest BCUT2D eigenvalue weighted by atomic mass is 15.1. The normalized spacial score (nSPS) is 11.4. The molecule has 5 aromatic rings. The van der Waals surface area contributed by atoms with Gasteiger partial charge in [-0.1, -0.05) is 32.0 Å². The number of nitrogens with two attached hydrogens (primary N) is 1. The quantitative estimate of drug-likeness (QED) is 0.454. The van der Waals surface area contributed by atoms with E-state index in [1.807, 2.05) is 35.0 Å². The van der Waals surface area contributed by atoms with Crippen LogP contribution in [0.15, 0.2) is 67.3 Å². The molecule has 0 amide bonds. The van der Waals surface area contributed by atoms with Crippen molar-refractivity contribution in [1.82, 2.24) is 24.3 Å². The maximum absolute atomic E-state index is 5.69. The number of nitrogens with zero attached hydrogens (tertiary/aromatic N) is 5. The van der Waals surface area contributed by atoms with Crippen LogP contribution in [0.2, 0.25) is 0 Å². The first-order valence-corrected chi connectivity index (χ1v) is 9.80. The van der Waals surface area contributed by atoms with E-state index >= 15 is 0 Å². The predicted molar refractivity (Wildman–Crippen MR) is 120 cm³/mol. The van der Waals surface area contributed by atoms with Crippen LogP contribution in [0, 0.1) is 0 Å². The number of fused-ring (bicyclic) bond motifs is 2. The van der Waals surface area contributed by atoms with E-state index in [2.05, 4.69) is 58.4 Å². The van der Waals surface area contributed by atoms with Crippen molar-refractivity contribution in [2.75, 3.05) is 11.1 Å². The molecule has 0 aliphatic heterocycles. The van der Waals surface area contributed by atoms with Gasteiger partial charge in [0.25, 0.3) is 0 Å². The Morgan fingerprint density at radius 1 is 1.00 bits per heavy atom. The van der Waals surface area contributed by atoms with E-state index in [0.717, 1.165) is 33.5 Å². The van der Waals surface area contributed by atoms with Gasteiger partial charge in [0.1, 0.15) is 0 Å². The SMILES string of the molecule is CC(C)c1ccc(Nc2nc(-c3ccc4nc(N)ncc4c3)cn3ccnc23)cc1. The highest BCUT2D eigenvalue weighted by Crippen LogP contribution is 2.27. The number of hydrogen-bond donors (Lipinski definition) is 2. The van der Waals surface area contributed by atoms with Crippen LogP contribution in [0.4, 0.5) is 17.5 Å². The summed E-state index contributed by atoms with van der Waals surface area (Å²) in [6.07, 6.45) is 7.38. The van der Waals surface area contributed by atoms with E-state index in [1.54, 1.807) is 12.4 Å². The molecule has 0 unspecified atom stereocenters. The maximum atomic E-state index is 5.69. The third kappa shape index (κ3) is 3.30. The van der Waals surface area contributed by atoms with Crippen LogP contribution in [0.1, 0.15) is 25.3 Å². The van der Waals surface area contributed by atoms with Crippen molar-refractivity contribution in [1.29, 1.82) is 0 Å². The standard InChI is InChI=1S/C23H21N7/c1-14(2)15-3-6-18(7-4-15)27-21-22-25-9-10-30(22)13-20(28-21)16-5-8-19-17(11-16)12-26-23(24)29-19/h3-14H,1-2H3,(H,27,28)(H2,24,26,29).